The Morgan fingerprint density at radius 3 is 2.47 bits per heavy atom. The minimum Gasteiger partial charge on any atom is -0.497 e. The van der Waals surface area contributed by atoms with Crippen LogP contribution in [0.3, 0.4) is 0 Å². The van der Waals surface area contributed by atoms with E-state index in [0.717, 1.165) is 39.0 Å². The second-order valence-electron chi connectivity index (χ2n) is 8.90. The Labute approximate surface area is 204 Å². The third-order valence-corrected chi connectivity index (χ3v) is 7.40. The molecule has 0 amide bonds. The minimum atomic E-state index is -0.220. The normalized spacial score (nSPS) is 15.6. The number of para-hydroxylation sites is 3. The van der Waals surface area contributed by atoms with E-state index in [2.05, 4.69) is 41.5 Å². The molecule has 172 valence electrons. The third kappa shape index (κ3) is 3.78. The van der Waals surface area contributed by atoms with Gasteiger partial charge in [-0.25, -0.2) is 4.98 Å². The van der Waals surface area contributed by atoms with Crippen LogP contribution in [0.4, 0.5) is 5.69 Å². The second-order valence-corrected chi connectivity index (χ2v) is 9.84. The summed E-state index contributed by atoms with van der Waals surface area (Å²) in [6.07, 6.45) is 1.80. The van der Waals surface area contributed by atoms with Crippen LogP contribution in [0.2, 0.25) is 0 Å². The van der Waals surface area contributed by atoms with Crippen molar-refractivity contribution in [1.29, 1.82) is 0 Å². The molecule has 0 saturated heterocycles. The van der Waals surface area contributed by atoms with Gasteiger partial charge in [0.05, 0.1) is 23.9 Å². The van der Waals surface area contributed by atoms with Crippen molar-refractivity contribution in [1.82, 2.24) is 9.55 Å². The third-order valence-electron chi connectivity index (χ3n) is 6.44. The second kappa shape index (κ2) is 8.69. The lowest BCUT2D eigenvalue weighted by molar-refractivity contribution is -0.112. The largest absolute Gasteiger partial charge is 0.497 e. The number of carbonyl (C=O) groups excluding carboxylic acids is 1. The summed E-state index contributed by atoms with van der Waals surface area (Å²) in [5.41, 5.74) is 6.08. The number of ketones is 1. The van der Waals surface area contributed by atoms with Crippen LogP contribution in [0.25, 0.3) is 16.7 Å². The van der Waals surface area contributed by atoms with Gasteiger partial charge in [0.25, 0.3) is 0 Å². The van der Waals surface area contributed by atoms with Crippen molar-refractivity contribution in [2.45, 2.75) is 24.4 Å². The van der Waals surface area contributed by atoms with E-state index in [1.165, 1.54) is 17.3 Å². The molecule has 0 fully saturated rings. The number of fused-ring (bicyclic) bond motifs is 2. The summed E-state index contributed by atoms with van der Waals surface area (Å²) < 4.78 is 7.41. The highest BCUT2D eigenvalue weighted by Gasteiger charge is 2.38. The summed E-state index contributed by atoms with van der Waals surface area (Å²) >= 11 is 1.46. The fourth-order valence-corrected chi connectivity index (χ4v) is 5.52. The average Bonchev–Trinajstić information content (AvgIpc) is 3.32. The molecular weight excluding hydrogens is 442 g/mol. The lowest BCUT2D eigenvalue weighted by Crippen LogP contribution is -2.24. The molecule has 0 spiro atoms. The molecule has 5 rings (SSSR count). The predicted molar refractivity (Wildman–Crippen MR) is 139 cm³/mol. The monoisotopic (exact) mass is 469 g/mol. The van der Waals surface area contributed by atoms with Gasteiger partial charge in [0.2, 0.25) is 0 Å². The molecule has 1 aromatic heterocycles. The Kier molecular flexibility index (Phi) is 5.70. The quantitative estimate of drug-likeness (QED) is 0.256. The molecule has 0 unspecified atom stereocenters. The maximum atomic E-state index is 13.1. The van der Waals surface area contributed by atoms with E-state index < -0.39 is 0 Å². The first-order chi connectivity index (χ1) is 16.4. The van der Waals surface area contributed by atoms with Crippen molar-refractivity contribution in [3.8, 4) is 11.4 Å². The van der Waals surface area contributed by atoms with Gasteiger partial charge in [-0.15, -0.1) is 0 Å². The van der Waals surface area contributed by atoms with Crippen LogP contribution >= 0.6 is 11.8 Å². The van der Waals surface area contributed by atoms with Gasteiger partial charge in [-0.3, -0.25) is 9.36 Å². The fraction of sp³-hybridized carbons (Fsp3) is 0.214. The maximum Gasteiger partial charge on any atom is 0.174 e. The number of thioether (sulfide) groups is 1. The van der Waals surface area contributed by atoms with Crippen molar-refractivity contribution < 1.29 is 9.53 Å². The molecule has 0 saturated carbocycles. The van der Waals surface area contributed by atoms with E-state index in [0.29, 0.717) is 5.75 Å². The molecule has 0 radical (unpaired) electrons. The zero-order chi connectivity index (χ0) is 23.9. The topological polar surface area (TPSA) is 47.4 Å². The molecule has 0 N–H and O–H groups in total. The lowest BCUT2D eigenvalue weighted by Gasteiger charge is -2.23. The number of anilines is 1. The van der Waals surface area contributed by atoms with E-state index in [4.69, 9.17) is 9.72 Å². The molecule has 0 aliphatic carbocycles. The van der Waals surface area contributed by atoms with Crippen molar-refractivity contribution in [2.24, 2.45) is 0 Å². The van der Waals surface area contributed by atoms with Crippen LogP contribution in [0.5, 0.6) is 5.75 Å². The predicted octanol–water partition coefficient (Wildman–Crippen LogP) is 6.01. The van der Waals surface area contributed by atoms with Gasteiger partial charge in [0.1, 0.15) is 5.75 Å². The number of benzene rings is 3. The van der Waals surface area contributed by atoms with Gasteiger partial charge in [-0.1, -0.05) is 55.9 Å². The molecule has 3 aromatic carbocycles. The number of hydrogen-bond donors (Lipinski definition) is 0. The zero-order valence-electron chi connectivity index (χ0n) is 19.8. The number of aromatic nitrogens is 2. The summed E-state index contributed by atoms with van der Waals surface area (Å²) in [7, 11) is 3.69. The summed E-state index contributed by atoms with van der Waals surface area (Å²) in [6.45, 7) is 4.34. The Hall–Kier alpha value is -3.51. The average molecular weight is 470 g/mol. The molecule has 0 atom stereocenters. The number of carbonyl (C=O) groups is 1. The zero-order valence-corrected chi connectivity index (χ0v) is 20.6. The van der Waals surface area contributed by atoms with Crippen LogP contribution in [0.15, 0.2) is 89.7 Å². The Morgan fingerprint density at radius 1 is 1.03 bits per heavy atom. The van der Waals surface area contributed by atoms with E-state index in [9.17, 15) is 4.79 Å². The molecule has 4 aromatic rings. The van der Waals surface area contributed by atoms with Gasteiger partial charge in [0.15, 0.2) is 10.9 Å². The van der Waals surface area contributed by atoms with Crippen molar-refractivity contribution in [2.75, 3.05) is 24.8 Å². The van der Waals surface area contributed by atoms with Gasteiger partial charge in [-0.2, -0.15) is 0 Å². The molecule has 1 aliphatic heterocycles. The van der Waals surface area contributed by atoms with Crippen LogP contribution < -0.4 is 9.64 Å². The maximum absolute atomic E-state index is 13.1. The Morgan fingerprint density at radius 2 is 1.74 bits per heavy atom. The smallest absolute Gasteiger partial charge is 0.174 e. The van der Waals surface area contributed by atoms with Crippen LogP contribution in [-0.4, -0.2) is 35.2 Å². The van der Waals surface area contributed by atoms with Crippen molar-refractivity contribution in [3.05, 3.63) is 90.1 Å². The number of hydrogen-bond acceptors (Lipinski definition) is 5. The minimum absolute atomic E-state index is 0.0704. The lowest BCUT2D eigenvalue weighted by atomic mass is 9.83. The fourth-order valence-electron chi connectivity index (χ4n) is 4.67. The number of likely N-dealkylation sites (N-methyl/N-ethyl adjacent to an activating group) is 1. The molecule has 6 heteroatoms. The number of ether oxygens (including phenoxy) is 1. The number of rotatable bonds is 6. The Balaban J connectivity index is 1.43. The highest BCUT2D eigenvalue weighted by Crippen LogP contribution is 2.46. The number of imidazole rings is 1. The summed E-state index contributed by atoms with van der Waals surface area (Å²) in [5.74, 6) is 1.18. The van der Waals surface area contributed by atoms with Gasteiger partial charge in [0, 0.05) is 35.6 Å². The van der Waals surface area contributed by atoms with Crippen LogP contribution in [-0.2, 0) is 10.2 Å². The first kappa shape index (κ1) is 22.3. The molecular formula is C28H27N3O2S. The summed E-state index contributed by atoms with van der Waals surface area (Å²) in [5, 5.41) is 0.792. The molecule has 5 nitrogen and oxygen atoms in total. The van der Waals surface area contributed by atoms with Crippen LogP contribution in [0, 0.1) is 0 Å². The summed E-state index contributed by atoms with van der Waals surface area (Å²) in [4.78, 5) is 20.1. The van der Waals surface area contributed by atoms with Crippen molar-refractivity contribution >= 4 is 34.3 Å². The molecule has 34 heavy (non-hydrogen) atoms. The highest BCUT2D eigenvalue weighted by atomic mass is 32.2. The molecule has 2 heterocycles. The number of methoxy groups -OCH3 is 1. The first-order valence-corrected chi connectivity index (χ1v) is 12.2. The standard InChI is InChI=1S/C28H27N3O2S/c1-28(2)22-9-5-7-11-24(22)30(3)26(28)17-20(32)18-34-27-29-23-10-6-8-12-25(23)31(27)19-13-15-21(33-4)16-14-19/h5-17H,18H2,1-4H3. The molecule has 0 bridgehead atoms. The van der Waals surface area contributed by atoms with Crippen LogP contribution in [0.1, 0.15) is 19.4 Å². The number of allylic oxidation sites excluding steroid dienone is 2. The van der Waals surface area contributed by atoms with E-state index in [1.54, 1.807) is 13.2 Å². The first-order valence-electron chi connectivity index (χ1n) is 11.2. The van der Waals surface area contributed by atoms with E-state index in [1.807, 2.05) is 61.6 Å². The van der Waals surface area contributed by atoms with Gasteiger partial charge in [-0.05, 0) is 48.0 Å². The Bertz CT molecular complexity index is 1400. The van der Waals surface area contributed by atoms with Crippen molar-refractivity contribution in [3.63, 3.8) is 0 Å². The van der Waals surface area contributed by atoms with Gasteiger partial charge >= 0.3 is 0 Å². The SMILES string of the molecule is COc1ccc(-n2c(SCC(=O)C=C3N(C)c4ccccc4C3(C)C)nc3ccccc32)cc1. The van der Waals surface area contributed by atoms with E-state index in [-0.39, 0.29) is 11.2 Å². The van der Waals surface area contributed by atoms with Gasteiger partial charge < -0.3 is 9.64 Å². The summed E-state index contributed by atoms with van der Waals surface area (Å²) in [6, 6.07) is 24.3. The highest BCUT2D eigenvalue weighted by molar-refractivity contribution is 7.99. The number of nitrogens with zero attached hydrogens (tertiary/aromatic N) is 3. The molecule has 1 aliphatic rings. The van der Waals surface area contributed by atoms with E-state index >= 15 is 0 Å².